The number of nitrogens with two attached hydrogens (primary N) is 1. The number of piperidine rings is 1. The van der Waals surface area contributed by atoms with Crippen molar-refractivity contribution in [3.05, 3.63) is 24.1 Å². The van der Waals surface area contributed by atoms with Crippen LogP contribution in [0.5, 0.6) is 0 Å². The average molecular weight is 223 g/mol. The third kappa shape index (κ3) is 2.16. The van der Waals surface area contributed by atoms with Gasteiger partial charge in [0.15, 0.2) is 0 Å². The van der Waals surface area contributed by atoms with Crippen molar-refractivity contribution in [1.82, 2.24) is 4.98 Å². The fourth-order valence-corrected chi connectivity index (χ4v) is 2.45. The topological polar surface area (TPSA) is 42.1 Å². The van der Waals surface area contributed by atoms with Gasteiger partial charge in [0.2, 0.25) is 0 Å². The van der Waals surface area contributed by atoms with Crippen LogP contribution in [0.2, 0.25) is 0 Å². The Balaban J connectivity index is 2.24. The zero-order chi connectivity index (χ0) is 11.5. The highest BCUT2D eigenvalue weighted by molar-refractivity contribution is 5.41. The van der Waals surface area contributed by atoms with Gasteiger partial charge in [0.25, 0.3) is 0 Å². The van der Waals surface area contributed by atoms with E-state index in [2.05, 4.69) is 16.8 Å². The molecule has 1 fully saturated rings. The van der Waals surface area contributed by atoms with Crippen LogP contribution in [-0.2, 0) is 0 Å². The Morgan fingerprint density at radius 2 is 2.31 bits per heavy atom. The molecular formula is C12H18FN3. The molecule has 0 amide bonds. The van der Waals surface area contributed by atoms with Crippen molar-refractivity contribution in [2.24, 2.45) is 5.73 Å². The summed E-state index contributed by atoms with van der Waals surface area (Å²) in [6, 6.07) is 3.96. The molecule has 3 nitrogen and oxygen atoms in total. The number of rotatable bonds is 2. The van der Waals surface area contributed by atoms with Crippen LogP contribution in [0, 0.1) is 5.82 Å². The third-order valence-electron chi connectivity index (χ3n) is 3.28. The lowest BCUT2D eigenvalue weighted by atomic mass is 9.96. The lowest BCUT2D eigenvalue weighted by Gasteiger charge is -2.41. The number of anilines is 1. The Morgan fingerprint density at radius 1 is 1.50 bits per heavy atom. The fraction of sp³-hybridized carbons (Fsp3) is 0.583. The first-order valence-electron chi connectivity index (χ1n) is 5.82. The maximum atomic E-state index is 12.8. The first kappa shape index (κ1) is 11.3. The van der Waals surface area contributed by atoms with E-state index in [0.717, 1.165) is 18.7 Å². The van der Waals surface area contributed by atoms with Crippen LogP contribution in [0.4, 0.5) is 10.2 Å². The second-order valence-electron chi connectivity index (χ2n) is 4.41. The van der Waals surface area contributed by atoms with Crippen molar-refractivity contribution in [3.8, 4) is 0 Å². The summed E-state index contributed by atoms with van der Waals surface area (Å²) >= 11 is 0. The Bertz CT molecular complexity index is 339. The summed E-state index contributed by atoms with van der Waals surface area (Å²) < 4.78 is 12.8. The second-order valence-corrected chi connectivity index (χ2v) is 4.41. The first-order valence-corrected chi connectivity index (χ1v) is 5.82. The van der Waals surface area contributed by atoms with Crippen LogP contribution in [0.3, 0.4) is 0 Å². The van der Waals surface area contributed by atoms with Crippen LogP contribution in [-0.4, -0.2) is 23.6 Å². The zero-order valence-electron chi connectivity index (χ0n) is 9.56. The molecule has 0 spiro atoms. The summed E-state index contributed by atoms with van der Waals surface area (Å²) in [4.78, 5) is 6.37. The molecule has 0 aromatic carbocycles. The molecule has 1 aromatic heterocycles. The minimum absolute atomic E-state index is 0.294. The van der Waals surface area contributed by atoms with Crippen LogP contribution < -0.4 is 10.6 Å². The van der Waals surface area contributed by atoms with Gasteiger partial charge in [-0.15, -0.1) is 0 Å². The summed E-state index contributed by atoms with van der Waals surface area (Å²) in [6.45, 7) is 2.80. The number of hydrogen-bond acceptors (Lipinski definition) is 3. The highest BCUT2D eigenvalue weighted by Crippen LogP contribution is 2.27. The molecule has 4 heteroatoms. The fourth-order valence-electron chi connectivity index (χ4n) is 2.45. The molecule has 1 aliphatic rings. The van der Waals surface area contributed by atoms with Crippen molar-refractivity contribution < 1.29 is 4.39 Å². The molecule has 2 heterocycles. The number of halogens is 1. The second kappa shape index (κ2) is 4.78. The van der Waals surface area contributed by atoms with E-state index in [4.69, 9.17) is 5.73 Å². The van der Waals surface area contributed by atoms with Gasteiger partial charge < -0.3 is 10.6 Å². The smallest absolute Gasteiger partial charge is 0.141 e. The van der Waals surface area contributed by atoms with Gasteiger partial charge in [-0.25, -0.2) is 9.37 Å². The average Bonchev–Trinajstić information content (AvgIpc) is 2.30. The Kier molecular flexibility index (Phi) is 3.39. The van der Waals surface area contributed by atoms with Gasteiger partial charge in [-0.1, -0.05) is 0 Å². The Hall–Kier alpha value is -1.16. The van der Waals surface area contributed by atoms with E-state index < -0.39 is 0 Å². The lowest BCUT2D eigenvalue weighted by Crippen LogP contribution is -2.49. The molecule has 0 bridgehead atoms. The molecule has 1 aliphatic heterocycles. The predicted molar refractivity (Wildman–Crippen MR) is 62.8 cm³/mol. The largest absolute Gasteiger partial charge is 0.350 e. The normalized spacial score (nSPS) is 25.8. The van der Waals surface area contributed by atoms with Crippen molar-refractivity contribution in [3.63, 3.8) is 0 Å². The highest BCUT2D eigenvalue weighted by atomic mass is 19.1. The molecule has 16 heavy (non-hydrogen) atoms. The molecule has 0 aliphatic carbocycles. The molecule has 2 unspecified atom stereocenters. The number of pyridine rings is 1. The molecule has 2 rings (SSSR count). The van der Waals surface area contributed by atoms with E-state index in [-0.39, 0.29) is 5.82 Å². The lowest BCUT2D eigenvalue weighted by molar-refractivity contribution is 0.397. The van der Waals surface area contributed by atoms with E-state index >= 15 is 0 Å². The summed E-state index contributed by atoms with van der Waals surface area (Å²) in [7, 11) is 0. The van der Waals surface area contributed by atoms with E-state index in [1.165, 1.54) is 18.7 Å². The summed E-state index contributed by atoms with van der Waals surface area (Å²) in [5.41, 5.74) is 5.78. The summed E-state index contributed by atoms with van der Waals surface area (Å²) in [5.74, 6) is 0.543. The monoisotopic (exact) mass is 223 g/mol. The SMILES string of the molecule is CC1CCCC(CN)N1c1ccc(F)cn1. The van der Waals surface area contributed by atoms with Crippen molar-refractivity contribution in [1.29, 1.82) is 0 Å². The van der Waals surface area contributed by atoms with Gasteiger partial charge in [0.1, 0.15) is 11.6 Å². The van der Waals surface area contributed by atoms with Crippen LogP contribution in [0.15, 0.2) is 18.3 Å². The van der Waals surface area contributed by atoms with Gasteiger partial charge in [0.05, 0.1) is 6.20 Å². The predicted octanol–water partition coefficient (Wildman–Crippen LogP) is 1.93. The number of aromatic nitrogens is 1. The van der Waals surface area contributed by atoms with Gasteiger partial charge in [-0.3, -0.25) is 0 Å². The maximum Gasteiger partial charge on any atom is 0.141 e. The quantitative estimate of drug-likeness (QED) is 0.833. The van der Waals surface area contributed by atoms with Crippen molar-refractivity contribution >= 4 is 5.82 Å². The molecular weight excluding hydrogens is 205 g/mol. The Morgan fingerprint density at radius 3 is 2.94 bits per heavy atom. The Labute approximate surface area is 95.5 Å². The molecule has 1 saturated heterocycles. The maximum absolute atomic E-state index is 12.8. The number of nitrogens with zero attached hydrogens (tertiary/aromatic N) is 2. The molecule has 2 atom stereocenters. The van der Waals surface area contributed by atoms with Gasteiger partial charge in [-0.05, 0) is 38.3 Å². The van der Waals surface area contributed by atoms with Crippen LogP contribution in [0.25, 0.3) is 0 Å². The molecule has 0 radical (unpaired) electrons. The highest BCUT2D eigenvalue weighted by Gasteiger charge is 2.27. The third-order valence-corrected chi connectivity index (χ3v) is 3.28. The van der Waals surface area contributed by atoms with Gasteiger partial charge in [-0.2, -0.15) is 0 Å². The standard InChI is InChI=1S/C12H18FN3/c1-9-3-2-4-11(7-14)16(9)12-6-5-10(13)8-15-12/h5-6,8-9,11H,2-4,7,14H2,1H3. The van der Waals surface area contributed by atoms with E-state index in [9.17, 15) is 4.39 Å². The van der Waals surface area contributed by atoms with E-state index in [1.807, 2.05) is 0 Å². The molecule has 2 N–H and O–H groups in total. The number of hydrogen-bond donors (Lipinski definition) is 1. The van der Waals surface area contributed by atoms with Crippen molar-refractivity contribution in [2.75, 3.05) is 11.4 Å². The first-order chi connectivity index (χ1) is 7.72. The minimum Gasteiger partial charge on any atom is -0.350 e. The van der Waals surface area contributed by atoms with Gasteiger partial charge >= 0.3 is 0 Å². The van der Waals surface area contributed by atoms with E-state index in [1.54, 1.807) is 6.07 Å². The van der Waals surface area contributed by atoms with Crippen molar-refractivity contribution in [2.45, 2.75) is 38.3 Å². The molecule has 1 aromatic rings. The summed E-state index contributed by atoms with van der Waals surface area (Å²) in [6.07, 6.45) is 4.72. The zero-order valence-corrected chi connectivity index (χ0v) is 9.56. The van der Waals surface area contributed by atoms with E-state index in [0.29, 0.717) is 18.6 Å². The molecule has 0 saturated carbocycles. The molecule has 88 valence electrons. The minimum atomic E-state index is -0.294. The summed E-state index contributed by atoms with van der Waals surface area (Å²) in [5, 5.41) is 0. The van der Waals surface area contributed by atoms with Crippen LogP contribution >= 0.6 is 0 Å². The van der Waals surface area contributed by atoms with Gasteiger partial charge in [0, 0.05) is 18.6 Å². The van der Waals surface area contributed by atoms with Crippen LogP contribution in [0.1, 0.15) is 26.2 Å².